The van der Waals surface area contributed by atoms with Crippen LogP contribution < -0.4 is 5.32 Å². The average Bonchev–Trinajstić information content (AvgIpc) is 2.37. The zero-order valence-electron chi connectivity index (χ0n) is 11.2. The standard InChI is InChI=1S/C16H25N/c1-3-15-9-4-5-10-16(15)17-12-14-8-6-7-13(2)11-14/h4-5,9-10,13-14,17H,3,6-8,11-12H2,1-2H3. The second-order valence-electron chi connectivity index (χ2n) is 5.53. The minimum absolute atomic E-state index is 0.878. The molecule has 1 heteroatoms. The zero-order chi connectivity index (χ0) is 12.1. The quantitative estimate of drug-likeness (QED) is 0.805. The summed E-state index contributed by atoms with van der Waals surface area (Å²) in [6, 6.07) is 8.70. The average molecular weight is 231 g/mol. The Labute approximate surface area is 106 Å². The van der Waals surface area contributed by atoms with Gasteiger partial charge in [-0.3, -0.25) is 0 Å². The maximum atomic E-state index is 3.65. The van der Waals surface area contributed by atoms with E-state index in [1.165, 1.54) is 36.9 Å². The van der Waals surface area contributed by atoms with Crippen molar-refractivity contribution in [3.05, 3.63) is 29.8 Å². The molecule has 0 aromatic heterocycles. The normalized spacial score (nSPS) is 24.6. The smallest absolute Gasteiger partial charge is 0.0372 e. The Bertz CT molecular complexity index is 345. The summed E-state index contributed by atoms with van der Waals surface area (Å²) in [5.41, 5.74) is 2.78. The molecule has 0 spiro atoms. The van der Waals surface area contributed by atoms with Crippen LogP contribution in [0.3, 0.4) is 0 Å². The highest BCUT2D eigenvalue weighted by Crippen LogP contribution is 2.29. The van der Waals surface area contributed by atoms with Gasteiger partial charge in [-0.25, -0.2) is 0 Å². The Morgan fingerprint density at radius 2 is 2.06 bits per heavy atom. The van der Waals surface area contributed by atoms with E-state index in [-0.39, 0.29) is 0 Å². The molecule has 1 aromatic rings. The molecule has 0 radical (unpaired) electrons. The van der Waals surface area contributed by atoms with E-state index in [1.807, 2.05) is 0 Å². The van der Waals surface area contributed by atoms with Crippen molar-refractivity contribution in [3.8, 4) is 0 Å². The molecule has 2 atom stereocenters. The molecule has 0 heterocycles. The number of hydrogen-bond donors (Lipinski definition) is 1. The van der Waals surface area contributed by atoms with Crippen LogP contribution in [0.25, 0.3) is 0 Å². The molecule has 0 amide bonds. The van der Waals surface area contributed by atoms with Crippen molar-refractivity contribution in [3.63, 3.8) is 0 Å². The van der Waals surface area contributed by atoms with Gasteiger partial charge in [-0.05, 0) is 42.7 Å². The number of anilines is 1. The van der Waals surface area contributed by atoms with Gasteiger partial charge in [0.25, 0.3) is 0 Å². The maximum Gasteiger partial charge on any atom is 0.0372 e. The van der Waals surface area contributed by atoms with Gasteiger partial charge in [0.15, 0.2) is 0 Å². The summed E-state index contributed by atoms with van der Waals surface area (Å²) in [6.07, 6.45) is 6.78. The van der Waals surface area contributed by atoms with Crippen molar-refractivity contribution in [1.82, 2.24) is 0 Å². The van der Waals surface area contributed by atoms with Crippen LogP contribution in [-0.2, 0) is 6.42 Å². The van der Waals surface area contributed by atoms with Gasteiger partial charge in [0, 0.05) is 12.2 Å². The molecule has 1 N–H and O–H groups in total. The Balaban J connectivity index is 1.88. The predicted molar refractivity (Wildman–Crippen MR) is 75.4 cm³/mol. The molecule has 1 aliphatic carbocycles. The van der Waals surface area contributed by atoms with Crippen molar-refractivity contribution in [1.29, 1.82) is 0 Å². The van der Waals surface area contributed by atoms with Gasteiger partial charge in [-0.1, -0.05) is 44.9 Å². The third kappa shape index (κ3) is 3.49. The van der Waals surface area contributed by atoms with Gasteiger partial charge in [-0.2, -0.15) is 0 Å². The summed E-state index contributed by atoms with van der Waals surface area (Å²) >= 11 is 0. The summed E-state index contributed by atoms with van der Waals surface area (Å²) < 4.78 is 0. The molecular weight excluding hydrogens is 206 g/mol. The van der Waals surface area contributed by atoms with E-state index < -0.39 is 0 Å². The van der Waals surface area contributed by atoms with Crippen LogP contribution in [0.15, 0.2) is 24.3 Å². The molecule has 1 fully saturated rings. The Morgan fingerprint density at radius 3 is 2.82 bits per heavy atom. The van der Waals surface area contributed by atoms with E-state index in [9.17, 15) is 0 Å². The lowest BCUT2D eigenvalue weighted by Crippen LogP contribution is -2.21. The van der Waals surface area contributed by atoms with Crippen molar-refractivity contribution < 1.29 is 0 Å². The molecule has 0 bridgehead atoms. The molecule has 94 valence electrons. The number of nitrogens with one attached hydrogen (secondary N) is 1. The van der Waals surface area contributed by atoms with Crippen molar-refractivity contribution >= 4 is 5.69 Å². The van der Waals surface area contributed by atoms with Crippen molar-refractivity contribution in [2.75, 3.05) is 11.9 Å². The molecular formula is C16H25N. The van der Waals surface area contributed by atoms with Crippen molar-refractivity contribution in [2.24, 2.45) is 11.8 Å². The minimum atomic E-state index is 0.878. The van der Waals surface area contributed by atoms with Crippen LogP contribution in [0.5, 0.6) is 0 Å². The van der Waals surface area contributed by atoms with Gasteiger partial charge in [-0.15, -0.1) is 0 Å². The van der Waals surface area contributed by atoms with Crippen LogP contribution in [-0.4, -0.2) is 6.54 Å². The molecule has 17 heavy (non-hydrogen) atoms. The number of hydrogen-bond acceptors (Lipinski definition) is 1. The summed E-state index contributed by atoms with van der Waals surface area (Å²) in [7, 11) is 0. The molecule has 0 aliphatic heterocycles. The third-order valence-corrected chi connectivity index (χ3v) is 4.02. The first-order chi connectivity index (χ1) is 8.29. The zero-order valence-corrected chi connectivity index (χ0v) is 11.2. The van der Waals surface area contributed by atoms with E-state index in [0.29, 0.717) is 0 Å². The summed E-state index contributed by atoms with van der Waals surface area (Å²) in [6.45, 7) is 5.77. The topological polar surface area (TPSA) is 12.0 Å². The lowest BCUT2D eigenvalue weighted by molar-refractivity contribution is 0.293. The molecule has 2 rings (SSSR count). The highest BCUT2D eigenvalue weighted by Gasteiger charge is 2.18. The fourth-order valence-electron chi connectivity index (χ4n) is 3.00. The van der Waals surface area contributed by atoms with Gasteiger partial charge in [0.05, 0.1) is 0 Å². The van der Waals surface area contributed by atoms with E-state index in [4.69, 9.17) is 0 Å². The number of aryl methyl sites for hydroxylation is 1. The van der Waals surface area contributed by atoms with E-state index in [2.05, 4.69) is 43.4 Å². The fraction of sp³-hybridized carbons (Fsp3) is 0.625. The Kier molecular flexibility index (Phi) is 4.47. The summed E-state index contributed by atoms with van der Waals surface area (Å²) in [5.74, 6) is 1.81. The van der Waals surface area contributed by atoms with Gasteiger partial charge >= 0.3 is 0 Å². The van der Waals surface area contributed by atoms with Crippen LogP contribution >= 0.6 is 0 Å². The summed E-state index contributed by atoms with van der Waals surface area (Å²) in [5, 5.41) is 3.65. The first kappa shape index (κ1) is 12.5. The largest absolute Gasteiger partial charge is 0.385 e. The fourth-order valence-corrected chi connectivity index (χ4v) is 3.00. The lowest BCUT2D eigenvalue weighted by atomic mass is 9.82. The number of benzene rings is 1. The third-order valence-electron chi connectivity index (χ3n) is 4.02. The Hall–Kier alpha value is -0.980. The summed E-state index contributed by atoms with van der Waals surface area (Å²) in [4.78, 5) is 0. The van der Waals surface area contributed by atoms with Crippen LogP contribution in [0.4, 0.5) is 5.69 Å². The maximum absolute atomic E-state index is 3.65. The lowest BCUT2D eigenvalue weighted by Gasteiger charge is -2.27. The number of para-hydroxylation sites is 1. The first-order valence-electron chi connectivity index (χ1n) is 7.11. The van der Waals surface area contributed by atoms with E-state index in [0.717, 1.165) is 24.8 Å². The van der Waals surface area contributed by atoms with Crippen molar-refractivity contribution in [2.45, 2.75) is 46.0 Å². The predicted octanol–water partition coefficient (Wildman–Crippen LogP) is 4.49. The number of rotatable bonds is 4. The molecule has 1 saturated carbocycles. The van der Waals surface area contributed by atoms with Gasteiger partial charge in [0.1, 0.15) is 0 Å². The van der Waals surface area contributed by atoms with Gasteiger partial charge < -0.3 is 5.32 Å². The van der Waals surface area contributed by atoms with E-state index >= 15 is 0 Å². The highest BCUT2D eigenvalue weighted by molar-refractivity contribution is 5.51. The Morgan fingerprint density at radius 1 is 1.24 bits per heavy atom. The molecule has 0 saturated heterocycles. The molecule has 1 aromatic carbocycles. The molecule has 2 unspecified atom stereocenters. The molecule has 1 aliphatic rings. The highest BCUT2D eigenvalue weighted by atomic mass is 14.9. The second kappa shape index (κ2) is 6.09. The van der Waals surface area contributed by atoms with Crippen LogP contribution in [0, 0.1) is 11.8 Å². The first-order valence-corrected chi connectivity index (χ1v) is 7.11. The van der Waals surface area contributed by atoms with E-state index in [1.54, 1.807) is 0 Å². The minimum Gasteiger partial charge on any atom is -0.385 e. The SMILES string of the molecule is CCc1ccccc1NCC1CCCC(C)C1. The van der Waals surface area contributed by atoms with Gasteiger partial charge in [0.2, 0.25) is 0 Å². The molecule has 1 nitrogen and oxygen atoms in total. The monoisotopic (exact) mass is 231 g/mol. The van der Waals surface area contributed by atoms with Crippen LogP contribution in [0.1, 0.15) is 45.1 Å². The van der Waals surface area contributed by atoms with Crippen LogP contribution in [0.2, 0.25) is 0 Å². The second-order valence-corrected chi connectivity index (χ2v) is 5.53.